The maximum Gasteiger partial charge on any atom is 0.265 e. The molecule has 0 fully saturated rings. The summed E-state index contributed by atoms with van der Waals surface area (Å²) in [7, 11) is 0. The number of H-pyrrole nitrogens is 1. The molecule has 25 heavy (non-hydrogen) atoms. The maximum atomic E-state index is 11.8. The van der Waals surface area contributed by atoms with E-state index in [4.69, 9.17) is 4.74 Å². The molecule has 2 aromatic carbocycles. The number of rotatable bonds is 4. The number of hydrogen-bond acceptors (Lipinski definition) is 4. The van der Waals surface area contributed by atoms with E-state index >= 15 is 0 Å². The Kier molecular flexibility index (Phi) is 3.85. The smallest absolute Gasteiger partial charge is 0.265 e. The van der Waals surface area contributed by atoms with Gasteiger partial charge in [-0.25, -0.2) is 4.98 Å². The molecule has 0 spiro atoms. The first-order chi connectivity index (χ1) is 12.2. The molecule has 6 nitrogen and oxygen atoms in total. The van der Waals surface area contributed by atoms with Crippen molar-refractivity contribution in [2.45, 2.75) is 19.1 Å². The van der Waals surface area contributed by atoms with Crippen LogP contribution < -0.4 is 15.4 Å². The summed E-state index contributed by atoms with van der Waals surface area (Å²) in [6.45, 7) is 1.73. The minimum atomic E-state index is -0.480. The lowest BCUT2D eigenvalue weighted by Crippen LogP contribution is -2.34. The molecule has 1 aliphatic rings. The van der Waals surface area contributed by atoms with Crippen LogP contribution in [0.15, 0.2) is 60.9 Å². The van der Waals surface area contributed by atoms with Gasteiger partial charge in [0.1, 0.15) is 17.6 Å². The van der Waals surface area contributed by atoms with Crippen LogP contribution in [0.1, 0.15) is 24.4 Å². The van der Waals surface area contributed by atoms with Gasteiger partial charge >= 0.3 is 0 Å². The molecule has 0 bridgehead atoms. The number of ether oxygens (including phenoxy) is 1. The van der Waals surface area contributed by atoms with Crippen LogP contribution in [0, 0.1) is 0 Å². The second-order valence-electron chi connectivity index (χ2n) is 5.92. The Morgan fingerprint density at radius 1 is 1.20 bits per heavy atom. The van der Waals surface area contributed by atoms with E-state index in [1.54, 1.807) is 19.3 Å². The van der Waals surface area contributed by atoms with Gasteiger partial charge in [-0.1, -0.05) is 30.3 Å². The first kappa shape index (κ1) is 15.3. The van der Waals surface area contributed by atoms with Crippen molar-refractivity contribution in [3.05, 3.63) is 72.3 Å². The number of fused-ring (bicyclic) bond motifs is 1. The molecule has 6 heteroatoms. The van der Waals surface area contributed by atoms with E-state index in [0.717, 1.165) is 17.1 Å². The number of hydrogen-bond donors (Lipinski definition) is 3. The second-order valence-corrected chi connectivity index (χ2v) is 5.92. The predicted octanol–water partition coefficient (Wildman–Crippen LogP) is 3.33. The molecule has 1 aliphatic heterocycles. The zero-order valence-corrected chi connectivity index (χ0v) is 13.7. The molecule has 1 aromatic heterocycles. The van der Waals surface area contributed by atoms with Crippen LogP contribution in [0.2, 0.25) is 0 Å². The van der Waals surface area contributed by atoms with E-state index in [-0.39, 0.29) is 11.9 Å². The van der Waals surface area contributed by atoms with Gasteiger partial charge in [-0.3, -0.25) is 4.79 Å². The summed E-state index contributed by atoms with van der Waals surface area (Å²) in [5, 5.41) is 6.34. The molecule has 3 N–H and O–H groups in total. The van der Waals surface area contributed by atoms with E-state index in [2.05, 4.69) is 20.6 Å². The highest BCUT2D eigenvalue weighted by Crippen LogP contribution is 2.34. The van der Waals surface area contributed by atoms with Crippen molar-refractivity contribution in [2.24, 2.45) is 0 Å². The number of imidazole rings is 1. The minimum Gasteiger partial charge on any atom is -0.479 e. The third-order valence-electron chi connectivity index (χ3n) is 4.15. The Bertz CT molecular complexity index is 878. The molecule has 4 rings (SSSR count). The first-order valence-electron chi connectivity index (χ1n) is 8.13. The Hall–Kier alpha value is -3.28. The van der Waals surface area contributed by atoms with Crippen LogP contribution in [0.5, 0.6) is 5.75 Å². The van der Waals surface area contributed by atoms with Crippen LogP contribution in [-0.4, -0.2) is 22.0 Å². The second kappa shape index (κ2) is 6.32. The fraction of sp³-hybridized carbons (Fsp3) is 0.158. The lowest BCUT2D eigenvalue weighted by atomic mass is 10.1. The number of benzene rings is 2. The molecule has 3 aromatic rings. The van der Waals surface area contributed by atoms with Crippen LogP contribution in [-0.2, 0) is 4.79 Å². The van der Waals surface area contributed by atoms with Gasteiger partial charge in [0.2, 0.25) is 0 Å². The molecule has 2 heterocycles. The van der Waals surface area contributed by atoms with E-state index in [1.165, 1.54) is 0 Å². The largest absolute Gasteiger partial charge is 0.479 e. The van der Waals surface area contributed by atoms with Gasteiger partial charge in [0.25, 0.3) is 5.91 Å². The minimum absolute atomic E-state index is 0.131. The Labute approximate surface area is 145 Å². The standard InChI is InChI=1S/C19H18N4O2/c1-12-19(24)23-15-11-14(7-8-16(15)25-12)22-17(18-20-9-10-21-18)13-5-3-2-4-6-13/h2-12,17,22H,1H3,(H,20,21)(H,23,24). The molecule has 126 valence electrons. The molecule has 0 saturated carbocycles. The van der Waals surface area contributed by atoms with Crippen molar-refractivity contribution >= 4 is 17.3 Å². The zero-order chi connectivity index (χ0) is 17.2. The van der Waals surface area contributed by atoms with Crippen molar-refractivity contribution in [2.75, 3.05) is 10.6 Å². The quantitative estimate of drug-likeness (QED) is 0.684. The number of nitrogens with one attached hydrogen (secondary N) is 3. The lowest BCUT2D eigenvalue weighted by Gasteiger charge is -2.25. The van der Waals surface area contributed by atoms with E-state index in [0.29, 0.717) is 11.4 Å². The van der Waals surface area contributed by atoms with Crippen LogP contribution >= 0.6 is 0 Å². The van der Waals surface area contributed by atoms with E-state index in [1.807, 2.05) is 48.5 Å². The fourth-order valence-electron chi connectivity index (χ4n) is 2.86. The highest BCUT2D eigenvalue weighted by atomic mass is 16.5. The molecule has 0 aliphatic carbocycles. The third-order valence-corrected chi connectivity index (χ3v) is 4.15. The average molecular weight is 334 g/mol. The monoisotopic (exact) mass is 334 g/mol. The number of amides is 1. The lowest BCUT2D eigenvalue weighted by molar-refractivity contribution is -0.122. The van der Waals surface area contributed by atoms with Crippen molar-refractivity contribution in [1.29, 1.82) is 0 Å². The molecule has 0 radical (unpaired) electrons. The van der Waals surface area contributed by atoms with Crippen LogP contribution in [0.4, 0.5) is 11.4 Å². The fourth-order valence-corrected chi connectivity index (χ4v) is 2.86. The maximum absolute atomic E-state index is 11.8. The summed E-state index contributed by atoms with van der Waals surface area (Å²) in [5.74, 6) is 1.35. The highest BCUT2D eigenvalue weighted by Gasteiger charge is 2.24. The molecular formula is C19H18N4O2. The topological polar surface area (TPSA) is 79.0 Å². The molecule has 2 atom stereocenters. The third kappa shape index (κ3) is 3.06. The Morgan fingerprint density at radius 2 is 2.04 bits per heavy atom. The van der Waals surface area contributed by atoms with Crippen molar-refractivity contribution in [3.8, 4) is 5.75 Å². The predicted molar refractivity (Wildman–Crippen MR) is 95.7 cm³/mol. The van der Waals surface area contributed by atoms with Gasteiger partial charge in [0, 0.05) is 18.1 Å². The number of nitrogens with zero attached hydrogens (tertiary/aromatic N) is 1. The van der Waals surface area contributed by atoms with Gasteiger partial charge in [-0.2, -0.15) is 0 Å². The first-order valence-corrected chi connectivity index (χ1v) is 8.13. The Balaban J connectivity index is 1.65. The highest BCUT2D eigenvalue weighted by molar-refractivity contribution is 5.98. The number of aromatic nitrogens is 2. The van der Waals surface area contributed by atoms with Crippen molar-refractivity contribution in [1.82, 2.24) is 9.97 Å². The summed E-state index contributed by atoms with van der Waals surface area (Å²) in [5.41, 5.74) is 2.62. The number of carbonyl (C=O) groups excluding carboxylic acids is 1. The molecule has 1 amide bonds. The molecule has 2 unspecified atom stereocenters. The van der Waals surface area contributed by atoms with Gasteiger partial charge in [-0.15, -0.1) is 0 Å². The van der Waals surface area contributed by atoms with Crippen molar-refractivity contribution in [3.63, 3.8) is 0 Å². The molecule has 0 saturated heterocycles. The van der Waals surface area contributed by atoms with Gasteiger partial charge < -0.3 is 20.4 Å². The molecular weight excluding hydrogens is 316 g/mol. The summed E-state index contributed by atoms with van der Waals surface area (Å²) < 4.78 is 5.60. The van der Waals surface area contributed by atoms with Crippen LogP contribution in [0.25, 0.3) is 0 Å². The SMILES string of the molecule is CC1Oc2ccc(NC(c3ccccc3)c3ncc[nH]3)cc2NC1=O. The Morgan fingerprint density at radius 3 is 2.80 bits per heavy atom. The summed E-state index contributed by atoms with van der Waals surface area (Å²) in [6, 6.07) is 15.6. The summed E-state index contributed by atoms with van der Waals surface area (Å²) >= 11 is 0. The summed E-state index contributed by atoms with van der Waals surface area (Å²) in [6.07, 6.45) is 3.05. The zero-order valence-electron chi connectivity index (χ0n) is 13.7. The summed E-state index contributed by atoms with van der Waals surface area (Å²) in [4.78, 5) is 19.4. The van der Waals surface area contributed by atoms with Crippen molar-refractivity contribution < 1.29 is 9.53 Å². The normalized spacial score (nSPS) is 17.2. The van der Waals surface area contributed by atoms with Gasteiger partial charge in [0.15, 0.2) is 6.10 Å². The van der Waals surface area contributed by atoms with E-state index in [9.17, 15) is 4.79 Å². The van der Waals surface area contributed by atoms with E-state index < -0.39 is 6.10 Å². The van der Waals surface area contributed by atoms with Crippen LogP contribution in [0.3, 0.4) is 0 Å². The number of anilines is 2. The van der Waals surface area contributed by atoms with Gasteiger partial charge in [0.05, 0.1) is 5.69 Å². The van der Waals surface area contributed by atoms with Gasteiger partial charge in [-0.05, 0) is 30.7 Å². The number of carbonyl (C=O) groups is 1. The average Bonchev–Trinajstić information content (AvgIpc) is 3.16. The number of aromatic amines is 1.